The fourth-order valence-corrected chi connectivity index (χ4v) is 0.802. The molecule has 68 valence electrons. The predicted molar refractivity (Wildman–Crippen MR) is 42.9 cm³/mol. The van der Waals surface area contributed by atoms with E-state index in [-0.39, 0.29) is 12.5 Å². The van der Waals surface area contributed by atoms with Crippen LogP contribution in [0.5, 0.6) is 0 Å². The number of hydrogen-bond acceptors (Lipinski definition) is 5. The lowest BCUT2D eigenvalue weighted by Crippen LogP contribution is -2.30. The molecule has 0 saturated heterocycles. The Bertz CT molecular complexity index is 191. The molecule has 0 radical (unpaired) electrons. The number of hydrogen-bond donors (Lipinski definition) is 1. The van der Waals surface area contributed by atoms with E-state index in [9.17, 15) is 4.79 Å². The lowest BCUT2D eigenvalue weighted by Gasteiger charge is -2.04. The van der Waals surface area contributed by atoms with Crippen LogP contribution in [0.1, 0.15) is 6.92 Å². The zero-order valence-corrected chi connectivity index (χ0v) is 7.00. The quantitative estimate of drug-likeness (QED) is 0.584. The van der Waals surface area contributed by atoms with Gasteiger partial charge in [0, 0.05) is 0 Å². The molecular formula is C7H12N2O3. The molecule has 5 heteroatoms. The summed E-state index contributed by atoms with van der Waals surface area (Å²) in [4.78, 5) is 14.7. The molecule has 0 saturated carbocycles. The predicted octanol–water partition coefficient (Wildman–Crippen LogP) is -0.475. The van der Waals surface area contributed by atoms with Gasteiger partial charge in [0.2, 0.25) is 0 Å². The van der Waals surface area contributed by atoms with Gasteiger partial charge in [-0.2, -0.15) is 0 Å². The average molecular weight is 172 g/mol. The Kier molecular flexibility index (Phi) is 3.37. The van der Waals surface area contributed by atoms with Crippen molar-refractivity contribution < 1.29 is 14.3 Å². The fourth-order valence-electron chi connectivity index (χ4n) is 0.802. The van der Waals surface area contributed by atoms with Gasteiger partial charge in [0.25, 0.3) is 6.02 Å². The molecule has 0 aliphatic carbocycles. The number of carbonyl (C=O) groups excluding carboxylic acids is 1. The van der Waals surface area contributed by atoms with E-state index in [4.69, 9.17) is 4.74 Å². The SMILES string of the molecule is CCOC(=O)CNC1=NCCO1. The summed E-state index contributed by atoms with van der Waals surface area (Å²) in [6, 6.07) is 0.433. The smallest absolute Gasteiger partial charge is 0.325 e. The zero-order chi connectivity index (χ0) is 8.81. The molecule has 0 spiro atoms. The molecule has 0 aromatic carbocycles. The van der Waals surface area contributed by atoms with Crippen LogP contribution in [0, 0.1) is 0 Å². The summed E-state index contributed by atoms with van der Waals surface area (Å²) >= 11 is 0. The first-order valence-electron chi connectivity index (χ1n) is 3.89. The van der Waals surface area contributed by atoms with Crippen LogP contribution in [-0.4, -0.2) is 38.3 Å². The molecule has 0 aromatic heterocycles. The van der Waals surface area contributed by atoms with Crippen LogP contribution in [0.15, 0.2) is 4.99 Å². The molecule has 1 heterocycles. The molecule has 0 fully saturated rings. The van der Waals surface area contributed by atoms with Gasteiger partial charge in [-0.15, -0.1) is 0 Å². The van der Waals surface area contributed by atoms with Gasteiger partial charge in [0.05, 0.1) is 13.2 Å². The molecule has 0 unspecified atom stereocenters. The first kappa shape index (κ1) is 8.83. The van der Waals surface area contributed by atoms with Crippen molar-refractivity contribution in [1.82, 2.24) is 5.32 Å². The van der Waals surface area contributed by atoms with E-state index in [1.807, 2.05) is 0 Å². The normalized spacial score (nSPS) is 14.9. The van der Waals surface area contributed by atoms with Crippen LogP contribution >= 0.6 is 0 Å². The molecule has 0 aromatic rings. The van der Waals surface area contributed by atoms with Crippen LogP contribution in [0.25, 0.3) is 0 Å². The van der Waals surface area contributed by atoms with Crippen molar-refractivity contribution in [3.8, 4) is 0 Å². The first-order chi connectivity index (χ1) is 5.83. The first-order valence-corrected chi connectivity index (χ1v) is 3.89. The van der Waals surface area contributed by atoms with Gasteiger partial charge in [0.15, 0.2) is 0 Å². The molecule has 1 rings (SSSR count). The summed E-state index contributed by atoms with van der Waals surface area (Å²) in [6.45, 7) is 3.53. The van der Waals surface area contributed by atoms with Gasteiger partial charge in [-0.25, -0.2) is 4.99 Å². The Morgan fingerprint density at radius 1 is 1.83 bits per heavy atom. The number of aliphatic imine (C=N–C) groups is 1. The van der Waals surface area contributed by atoms with Gasteiger partial charge in [0.1, 0.15) is 13.2 Å². The van der Waals surface area contributed by atoms with Crippen LogP contribution in [-0.2, 0) is 14.3 Å². The zero-order valence-electron chi connectivity index (χ0n) is 7.00. The number of carbonyl (C=O) groups is 1. The molecular weight excluding hydrogens is 160 g/mol. The maximum absolute atomic E-state index is 10.8. The van der Waals surface area contributed by atoms with Crippen molar-refractivity contribution in [3.05, 3.63) is 0 Å². The van der Waals surface area contributed by atoms with Crippen molar-refractivity contribution >= 4 is 12.0 Å². The maximum Gasteiger partial charge on any atom is 0.325 e. The van der Waals surface area contributed by atoms with E-state index in [0.717, 1.165) is 0 Å². The molecule has 5 nitrogen and oxygen atoms in total. The third-order valence-corrected chi connectivity index (χ3v) is 1.27. The minimum atomic E-state index is -0.296. The van der Waals surface area contributed by atoms with Crippen molar-refractivity contribution in [2.24, 2.45) is 4.99 Å². The van der Waals surface area contributed by atoms with E-state index in [1.54, 1.807) is 6.92 Å². The van der Waals surface area contributed by atoms with Crippen LogP contribution in [0.4, 0.5) is 0 Å². The summed E-state index contributed by atoms with van der Waals surface area (Å²) < 4.78 is 9.70. The highest BCUT2D eigenvalue weighted by molar-refractivity contribution is 5.81. The third-order valence-electron chi connectivity index (χ3n) is 1.27. The Labute approximate surface area is 70.8 Å². The summed E-state index contributed by atoms with van der Waals surface area (Å²) in [5.74, 6) is -0.296. The standard InChI is InChI=1S/C7H12N2O3/c1-2-11-6(10)5-9-7-8-3-4-12-7/h2-5H2,1H3,(H,8,9). The number of nitrogens with zero attached hydrogens (tertiary/aromatic N) is 1. The Hall–Kier alpha value is -1.26. The largest absolute Gasteiger partial charge is 0.465 e. The summed E-state index contributed by atoms with van der Waals surface area (Å²) in [5, 5.41) is 2.72. The second kappa shape index (κ2) is 4.58. The van der Waals surface area contributed by atoms with Crippen molar-refractivity contribution in [3.63, 3.8) is 0 Å². The molecule has 1 N–H and O–H groups in total. The van der Waals surface area contributed by atoms with Gasteiger partial charge < -0.3 is 14.8 Å². The van der Waals surface area contributed by atoms with Crippen molar-refractivity contribution in [1.29, 1.82) is 0 Å². The highest BCUT2D eigenvalue weighted by Gasteiger charge is 2.08. The van der Waals surface area contributed by atoms with E-state index < -0.39 is 0 Å². The lowest BCUT2D eigenvalue weighted by molar-refractivity contribution is -0.141. The fraction of sp³-hybridized carbons (Fsp3) is 0.714. The Morgan fingerprint density at radius 3 is 3.25 bits per heavy atom. The lowest BCUT2D eigenvalue weighted by atomic mass is 10.6. The van der Waals surface area contributed by atoms with Crippen LogP contribution in [0.3, 0.4) is 0 Å². The third kappa shape index (κ3) is 2.77. The average Bonchev–Trinajstić information content (AvgIpc) is 2.53. The van der Waals surface area contributed by atoms with E-state index in [2.05, 4.69) is 15.0 Å². The Morgan fingerprint density at radius 2 is 2.67 bits per heavy atom. The minimum absolute atomic E-state index is 0.118. The van der Waals surface area contributed by atoms with E-state index in [0.29, 0.717) is 25.8 Å². The van der Waals surface area contributed by atoms with E-state index in [1.165, 1.54) is 0 Å². The number of amidine groups is 1. The molecule has 0 amide bonds. The number of esters is 1. The van der Waals surface area contributed by atoms with Crippen LogP contribution < -0.4 is 5.32 Å². The van der Waals surface area contributed by atoms with Crippen molar-refractivity contribution in [2.75, 3.05) is 26.3 Å². The number of ether oxygens (including phenoxy) is 2. The maximum atomic E-state index is 10.8. The highest BCUT2D eigenvalue weighted by atomic mass is 16.5. The number of nitrogens with one attached hydrogen (secondary N) is 1. The number of rotatable bonds is 3. The van der Waals surface area contributed by atoms with Crippen molar-refractivity contribution in [2.45, 2.75) is 6.92 Å². The molecule has 1 aliphatic heterocycles. The highest BCUT2D eigenvalue weighted by Crippen LogP contribution is 1.89. The second-order valence-electron chi connectivity index (χ2n) is 2.19. The van der Waals surface area contributed by atoms with Gasteiger partial charge in [-0.1, -0.05) is 0 Å². The monoisotopic (exact) mass is 172 g/mol. The summed E-state index contributed by atoms with van der Waals surface area (Å²) in [5.41, 5.74) is 0. The van der Waals surface area contributed by atoms with Crippen LogP contribution in [0.2, 0.25) is 0 Å². The molecule has 1 aliphatic rings. The molecule has 0 atom stereocenters. The van der Waals surface area contributed by atoms with Gasteiger partial charge in [-0.05, 0) is 6.92 Å². The van der Waals surface area contributed by atoms with E-state index >= 15 is 0 Å². The molecule has 12 heavy (non-hydrogen) atoms. The van der Waals surface area contributed by atoms with Gasteiger partial charge >= 0.3 is 5.97 Å². The Balaban J connectivity index is 2.12. The summed E-state index contributed by atoms with van der Waals surface area (Å²) in [7, 11) is 0. The molecule has 0 bridgehead atoms. The topological polar surface area (TPSA) is 59.9 Å². The van der Waals surface area contributed by atoms with Gasteiger partial charge in [-0.3, -0.25) is 4.79 Å². The second-order valence-corrected chi connectivity index (χ2v) is 2.19. The summed E-state index contributed by atoms with van der Waals surface area (Å²) in [6.07, 6.45) is 0. The minimum Gasteiger partial charge on any atom is -0.465 e.